The maximum absolute atomic E-state index is 11.5. The molecule has 3 rings (SSSR count). The molecule has 0 aromatic heterocycles. The van der Waals surface area contributed by atoms with Crippen LogP contribution in [0.1, 0.15) is 30.9 Å². The summed E-state index contributed by atoms with van der Waals surface area (Å²) < 4.78 is 0. The summed E-state index contributed by atoms with van der Waals surface area (Å²) in [6.45, 7) is 4.03. The van der Waals surface area contributed by atoms with Crippen LogP contribution in [0.15, 0.2) is 36.4 Å². The van der Waals surface area contributed by atoms with Gasteiger partial charge in [0.25, 0.3) is 0 Å². The Bertz CT molecular complexity index is 621. The van der Waals surface area contributed by atoms with Gasteiger partial charge in [-0.1, -0.05) is 50.2 Å². The average molecular weight is 226 g/mol. The molecule has 2 heteroatoms. The van der Waals surface area contributed by atoms with E-state index in [1.54, 1.807) is 0 Å². The van der Waals surface area contributed by atoms with Gasteiger partial charge in [-0.05, 0) is 21.9 Å². The summed E-state index contributed by atoms with van der Waals surface area (Å²) in [4.78, 5) is 11.5. The first kappa shape index (κ1) is 10.3. The first-order valence-corrected chi connectivity index (χ1v) is 5.78. The Hall–Kier alpha value is -1.83. The number of carboxylic acids is 1. The molecule has 0 unspecified atom stereocenters. The monoisotopic (exact) mass is 226 g/mol. The van der Waals surface area contributed by atoms with E-state index in [1.807, 2.05) is 44.2 Å². The molecule has 1 atom stereocenters. The van der Waals surface area contributed by atoms with Gasteiger partial charge in [0, 0.05) is 5.41 Å². The fourth-order valence-corrected chi connectivity index (χ4v) is 3.13. The van der Waals surface area contributed by atoms with Gasteiger partial charge in [0.05, 0.1) is 5.92 Å². The molecule has 0 fully saturated rings. The zero-order valence-corrected chi connectivity index (χ0v) is 9.90. The lowest BCUT2D eigenvalue weighted by atomic mass is 9.77. The van der Waals surface area contributed by atoms with Gasteiger partial charge in [-0.2, -0.15) is 0 Å². The Morgan fingerprint density at radius 3 is 2.47 bits per heavy atom. The first-order valence-electron chi connectivity index (χ1n) is 5.78. The van der Waals surface area contributed by atoms with Crippen LogP contribution in [-0.4, -0.2) is 11.1 Å². The molecule has 1 aliphatic rings. The molecule has 86 valence electrons. The molecule has 0 aliphatic heterocycles. The van der Waals surface area contributed by atoms with Crippen molar-refractivity contribution >= 4 is 16.7 Å². The van der Waals surface area contributed by atoms with Gasteiger partial charge in [-0.15, -0.1) is 0 Å². The summed E-state index contributed by atoms with van der Waals surface area (Å²) in [5, 5.41) is 11.7. The van der Waals surface area contributed by atoms with Gasteiger partial charge in [-0.3, -0.25) is 4.79 Å². The van der Waals surface area contributed by atoms with Crippen molar-refractivity contribution in [2.45, 2.75) is 25.2 Å². The van der Waals surface area contributed by atoms with Crippen LogP contribution < -0.4 is 0 Å². The third-order valence-corrected chi connectivity index (χ3v) is 3.91. The lowest BCUT2D eigenvalue weighted by Gasteiger charge is -2.25. The predicted octanol–water partition coefficient (Wildman–Crippen LogP) is 3.30. The molecule has 0 bridgehead atoms. The molecule has 1 N–H and O–H groups in total. The van der Waals surface area contributed by atoms with E-state index in [9.17, 15) is 9.90 Å². The van der Waals surface area contributed by atoms with Crippen LogP contribution >= 0.6 is 0 Å². The van der Waals surface area contributed by atoms with Crippen molar-refractivity contribution < 1.29 is 9.90 Å². The van der Waals surface area contributed by atoms with Gasteiger partial charge in [0.15, 0.2) is 0 Å². The summed E-state index contributed by atoms with van der Waals surface area (Å²) in [5.41, 5.74) is 1.77. The molecule has 0 heterocycles. The van der Waals surface area contributed by atoms with Crippen LogP contribution in [0.5, 0.6) is 0 Å². The van der Waals surface area contributed by atoms with Crippen molar-refractivity contribution in [3.8, 4) is 0 Å². The lowest BCUT2D eigenvalue weighted by molar-refractivity contribution is -0.140. The van der Waals surface area contributed by atoms with Gasteiger partial charge in [0.1, 0.15) is 0 Å². The highest BCUT2D eigenvalue weighted by molar-refractivity contribution is 5.98. The minimum absolute atomic E-state index is 0.338. The molecule has 2 aromatic carbocycles. The zero-order valence-electron chi connectivity index (χ0n) is 9.90. The van der Waals surface area contributed by atoms with E-state index in [0.29, 0.717) is 0 Å². The maximum atomic E-state index is 11.5. The topological polar surface area (TPSA) is 37.3 Å². The molecular weight excluding hydrogens is 212 g/mol. The SMILES string of the molecule is CC1(C)c2cccc3cccc(c23)[C@H]1C(=O)O. The second-order valence-corrected chi connectivity index (χ2v) is 5.24. The van der Waals surface area contributed by atoms with Crippen molar-refractivity contribution in [2.24, 2.45) is 0 Å². The number of carboxylic acid groups (broad SMARTS) is 1. The molecule has 2 aromatic rings. The molecule has 0 saturated carbocycles. The van der Waals surface area contributed by atoms with E-state index in [0.717, 1.165) is 21.9 Å². The van der Waals surface area contributed by atoms with Crippen LogP contribution in [0.3, 0.4) is 0 Å². The van der Waals surface area contributed by atoms with Gasteiger partial charge >= 0.3 is 5.97 Å². The number of hydrogen-bond donors (Lipinski definition) is 1. The molecule has 0 radical (unpaired) electrons. The number of aliphatic carboxylic acids is 1. The van der Waals surface area contributed by atoms with Crippen LogP contribution in [-0.2, 0) is 10.2 Å². The van der Waals surface area contributed by atoms with E-state index >= 15 is 0 Å². The molecule has 0 spiro atoms. The summed E-state index contributed by atoms with van der Waals surface area (Å²) >= 11 is 0. The van der Waals surface area contributed by atoms with E-state index < -0.39 is 11.9 Å². The van der Waals surface area contributed by atoms with Crippen LogP contribution in [0, 0.1) is 0 Å². The Morgan fingerprint density at radius 2 is 1.82 bits per heavy atom. The van der Waals surface area contributed by atoms with E-state index in [-0.39, 0.29) is 5.41 Å². The summed E-state index contributed by atoms with van der Waals surface area (Å²) in [6, 6.07) is 12.0. The highest BCUT2D eigenvalue weighted by Gasteiger charge is 2.44. The lowest BCUT2D eigenvalue weighted by Crippen LogP contribution is -2.28. The Labute approximate surface area is 99.9 Å². The average Bonchev–Trinajstić information content (AvgIpc) is 2.50. The zero-order chi connectivity index (χ0) is 12.2. The molecule has 2 nitrogen and oxygen atoms in total. The van der Waals surface area contributed by atoms with Crippen molar-refractivity contribution in [3.05, 3.63) is 47.5 Å². The van der Waals surface area contributed by atoms with Crippen molar-refractivity contribution in [1.82, 2.24) is 0 Å². The summed E-state index contributed by atoms with van der Waals surface area (Å²) in [5.74, 6) is -1.18. The number of benzene rings is 2. The number of hydrogen-bond acceptors (Lipinski definition) is 1. The van der Waals surface area contributed by atoms with Gasteiger partial charge in [-0.25, -0.2) is 0 Å². The normalized spacial score (nSPS) is 20.7. The van der Waals surface area contributed by atoms with Crippen molar-refractivity contribution in [3.63, 3.8) is 0 Å². The molecule has 0 amide bonds. The van der Waals surface area contributed by atoms with Crippen molar-refractivity contribution in [1.29, 1.82) is 0 Å². The highest BCUT2D eigenvalue weighted by Crippen LogP contribution is 2.50. The second kappa shape index (κ2) is 3.10. The third-order valence-electron chi connectivity index (χ3n) is 3.91. The highest BCUT2D eigenvalue weighted by atomic mass is 16.4. The van der Waals surface area contributed by atoms with Crippen LogP contribution in [0.2, 0.25) is 0 Å². The van der Waals surface area contributed by atoms with E-state index in [1.165, 1.54) is 0 Å². The molecular formula is C15H14O2. The first-order chi connectivity index (χ1) is 8.03. The number of rotatable bonds is 1. The van der Waals surface area contributed by atoms with E-state index in [4.69, 9.17) is 0 Å². The fraction of sp³-hybridized carbons (Fsp3) is 0.267. The van der Waals surface area contributed by atoms with Gasteiger partial charge < -0.3 is 5.11 Å². The Balaban J connectivity index is 2.45. The maximum Gasteiger partial charge on any atom is 0.311 e. The quantitative estimate of drug-likeness (QED) is 0.810. The standard InChI is InChI=1S/C15H14O2/c1-15(2)11-8-4-6-9-5-3-7-10(12(9)11)13(15)14(16)17/h3-8,13H,1-2H3,(H,16,17)/t13-/m0/s1. The minimum atomic E-state index is -0.737. The summed E-state index contributed by atoms with van der Waals surface area (Å²) in [7, 11) is 0. The minimum Gasteiger partial charge on any atom is -0.481 e. The smallest absolute Gasteiger partial charge is 0.311 e. The van der Waals surface area contributed by atoms with Crippen LogP contribution in [0.25, 0.3) is 10.8 Å². The fourth-order valence-electron chi connectivity index (χ4n) is 3.13. The van der Waals surface area contributed by atoms with Gasteiger partial charge in [0.2, 0.25) is 0 Å². The van der Waals surface area contributed by atoms with Crippen LogP contribution in [0.4, 0.5) is 0 Å². The molecule has 17 heavy (non-hydrogen) atoms. The number of carbonyl (C=O) groups is 1. The predicted molar refractivity (Wildman–Crippen MR) is 67.4 cm³/mol. The summed E-state index contributed by atoms with van der Waals surface area (Å²) in [6.07, 6.45) is 0. The van der Waals surface area contributed by atoms with Crippen molar-refractivity contribution in [2.75, 3.05) is 0 Å². The third kappa shape index (κ3) is 1.18. The Morgan fingerprint density at radius 1 is 1.18 bits per heavy atom. The largest absolute Gasteiger partial charge is 0.481 e. The second-order valence-electron chi connectivity index (χ2n) is 5.24. The van der Waals surface area contributed by atoms with E-state index in [2.05, 4.69) is 6.07 Å². The molecule has 1 aliphatic carbocycles. The Kier molecular flexibility index (Phi) is 1.88. The molecule has 0 saturated heterocycles.